The van der Waals surface area contributed by atoms with Crippen molar-refractivity contribution in [2.45, 2.75) is 19.8 Å². The molecule has 1 aromatic carbocycles. The van der Waals surface area contributed by atoms with Crippen LogP contribution in [-0.2, 0) is 9.53 Å². The third kappa shape index (κ3) is 4.00. The highest BCUT2D eigenvalue weighted by molar-refractivity contribution is 6.13. The van der Waals surface area contributed by atoms with Gasteiger partial charge in [-0.05, 0) is 31.9 Å². The van der Waals surface area contributed by atoms with Crippen LogP contribution in [0.2, 0.25) is 0 Å². The highest BCUT2D eigenvalue weighted by Gasteiger charge is 2.34. The number of hydrogen-bond acceptors (Lipinski definition) is 4. The number of carbonyl (C=O) groups excluding carboxylic acids is 2. The van der Waals surface area contributed by atoms with Crippen molar-refractivity contribution in [3.63, 3.8) is 0 Å². The fraction of sp³-hybridized carbons (Fsp3) is 0.438. The first-order valence-corrected chi connectivity index (χ1v) is 7.58. The fourth-order valence-electron chi connectivity index (χ4n) is 2.59. The lowest BCUT2D eigenvalue weighted by Gasteiger charge is -2.31. The number of nitrogens with zero attached hydrogens (tertiary/aromatic N) is 2. The maximum absolute atomic E-state index is 12.8. The van der Waals surface area contributed by atoms with Crippen molar-refractivity contribution >= 4 is 23.8 Å². The van der Waals surface area contributed by atoms with E-state index in [9.17, 15) is 14.4 Å². The molecule has 1 heterocycles. The van der Waals surface area contributed by atoms with Crippen LogP contribution in [0.5, 0.6) is 0 Å². The molecule has 0 bridgehead atoms. The molecule has 0 spiro atoms. The Labute approximate surface area is 134 Å². The summed E-state index contributed by atoms with van der Waals surface area (Å²) in [5.41, 5.74) is 0.455. The molecule has 1 aromatic rings. The summed E-state index contributed by atoms with van der Waals surface area (Å²) < 4.78 is 4.99. The van der Waals surface area contributed by atoms with Gasteiger partial charge in [0.2, 0.25) is 5.91 Å². The van der Waals surface area contributed by atoms with Gasteiger partial charge in [0, 0.05) is 19.0 Å². The third-order valence-electron chi connectivity index (χ3n) is 3.80. The molecule has 3 amide bonds. The zero-order valence-electron chi connectivity index (χ0n) is 13.0. The van der Waals surface area contributed by atoms with Gasteiger partial charge < -0.3 is 14.7 Å². The van der Waals surface area contributed by atoms with Crippen LogP contribution >= 0.6 is 0 Å². The molecular formula is C16H20N2O5. The average Bonchev–Trinajstić information content (AvgIpc) is 2.56. The number of para-hydroxylation sites is 1. The lowest BCUT2D eigenvalue weighted by atomic mass is 9.95. The molecule has 0 atom stereocenters. The van der Waals surface area contributed by atoms with E-state index in [1.54, 1.807) is 37.3 Å². The minimum atomic E-state index is -0.985. The maximum atomic E-state index is 12.8. The predicted octanol–water partition coefficient (Wildman–Crippen LogP) is 2.57. The average molecular weight is 320 g/mol. The van der Waals surface area contributed by atoms with E-state index < -0.39 is 18.1 Å². The van der Waals surface area contributed by atoms with E-state index in [0.29, 0.717) is 18.5 Å². The quantitative estimate of drug-likeness (QED) is 0.925. The van der Waals surface area contributed by atoms with Crippen LogP contribution in [-0.4, -0.2) is 47.8 Å². The molecular weight excluding hydrogens is 300 g/mol. The first-order valence-electron chi connectivity index (χ1n) is 7.58. The summed E-state index contributed by atoms with van der Waals surface area (Å²) in [5.74, 6) is -0.741. The number of carbonyl (C=O) groups is 3. The first kappa shape index (κ1) is 16.8. The number of likely N-dealkylation sites (tertiary alicyclic amines) is 1. The highest BCUT2D eigenvalue weighted by atomic mass is 16.6. The van der Waals surface area contributed by atoms with Crippen LogP contribution in [0.25, 0.3) is 0 Å². The Hall–Kier alpha value is -2.57. The van der Waals surface area contributed by atoms with Crippen LogP contribution in [0.3, 0.4) is 0 Å². The van der Waals surface area contributed by atoms with Gasteiger partial charge in [0.25, 0.3) is 0 Å². The molecule has 0 unspecified atom stereocenters. The largest absolute Gasteiger partial charge is 0.465 e. The molecule has 1 saturated heterocycles. The van der Waals surface area contributed by atoms with E-state index in [0.717, 1.165) is 4.90 Å². The number of benzene rings is 1. The van der Waals surface area contributed by atoms with Gasteiger partial charge in [-0.25, -0.2) is 14.5 Å². The van der Waals surface area contributed by atoms with E-state index in [4.69, 9.17) is 9.84 Å². The summed E-state index contributed by atoms with van der Waals surface area (Å²) in [6.07, 6.45) is -0.896. The zero-order chi connectivity index (χ0) is 16.8. The van der Waals surface area contributed by atoms with Crippen LogP contribution in [0, 0.1) is 5.92 Å². The number of piperidine rings is 1. The van der Waals surface area contributed by atoms with Crippen molar-refractivity contribution in [3.05, 3.63) is 30.3 Å². The Kier molecular flexibility index (Phi) is 5.56. The Bertz CT molecular complexity index is 567. The van der Waals surface area contributed by atoms with Gasteiger partial charge in [-0.15, -0.1) is 0 Å². The van der Waals surface area contributed by atoms with Crippen LogP contribution in [0.4, 0.5) is 15.3 Å². The Balaban J connectivity index is 2.14. The second kappa shape index (κ2) is 7.62. The molecule has 0 radical (unpaired) electrons. The van der Waals surface area contributed by atoms with E-state index >= 15 is 0 Å². The van der Waals surface area contributed by atoms with Crippen molar-refractivity contribution in [2.24, 2.45) is 5.92 Å². The lowest BCUT2D eigenvalue weighted by molar-refractivity contribution is -0.123. The molecule has 1 fully saturated rings. The highest BCUT2D eigenvalue weighted by Crippen LogP contribution is 2.24. The van der Waals surface area contributed by atoms with Crippen molar-refractivity contribution in [3.8, 4) is 0 Å². The smallest absolute Gasteiger partial charge is 0.421 e. The van der Waals surface area contributed by atoms with Crippen LogP contribution in [0.1, 0.15) is 19.8 Å². The SMILES string of the molecule is CCOC(=O)N(C(=O)C1CCN(C(=O)O)CC1)c1ccccc1. The van der Waals surface area contributed by atoms with E-state index in [1.807, 2.05) is 0 Å². The number of imide groups is 1. The second-order valence-corrected chi connectivity index (χ2v) is 5.25. The molecule has 0 aliphatic carbocycles. The molecule has 1 aliphatic heterocycles. The van der Waals surface area contributed by atoms with Gasteiger partial charge in [0.1, 0.15) is 0 Å². The van der Waals surface area contributed by atoms with Crippen molar-refractivity contribution in [2.75, 3.05) is 24.6 Å². The number of hydrogen-bond donors (Lipinski definition) is 1. The van der Waals surface area contributed by atoms with Gasteiger partial charge in [0.15, 0.2) is 0 Å². The number of carboxylic acid groups (broad SMARTS) is 1. The number of rotatable bonds is 3. The van der Waals surface area contributed by atoms with Crippen LogP contribution in [0.15, 0.2) is 30.3 Å². The maximum Gasteiger partial charge on any atom is 0.421 e. The topological polar surface area (TPSA) is 87.2 Å². The van der Waals surface area contributed by atoms with Gasteiger partial charge in [-0.1, -0.05) is 18.2 Å². The molecule has 7 nitrogen and oxygen atoms in total. The molecule has 23 heavy (non-hydrogen) atoms. The Morgan fingerprint density at radius 1 is 1.22 bits per heavy atom. The number of amides is 3. The summed E-state index contributed by atoms with van der Waals surface area (Å²) in [6, 6.07) is 8.61. The van der Waals surface area contributed by atoms with Gasteiger partial charge in [0.05, 0.1) is 12.3 Å². The Morgan fingerprint density at radius 3 is 2.35 bits per heavy atom. The third-order valence-corrected chi connectivity index (χ3v) is 3.80. The van der Waals surface area contributed by atoms with Crippen molar-refractivity contribution in [1.29, 1.82) is 0 Å². The Morgan fingerprint density at radius 2 is 1.83 bits per heavy atom. The molecule has 0 aromatic heterocycles. The summed E-state index contributed by atoms with van der Waals surface area (Å²) >= 11 is 0. The standard InChI is InChI=1S/C16H20N2O5/c1-2-23-16(22)18(13-6-4-3-5-7-13)14(19)12-8-10-17(11-9-12)15(20)21/h3-7,12H,2,8-11H2,1H3,(H,20,21). The molecule has 7 heteroatoms. The van der Waals surface area contributed by atoms with Gasteiger partial charge >= 0.3 is 12.2 Å². The summed E-state index contributed by atoms with van der Waals surface area (Å²) in [7, 11) is 0. The van der Waals surface area contributed by atoms with Crippen molar-refractivity contribution in [1.82, 2.24) is 4.90 Å². The molecule has 1 aliphatic rings. The normalized spacial score (nSPS) is 15.1. The molecule has 0 saturated carbocycles. The number of anilines is 1. The van der Waals surface area contributed by atoms with Gasteiger partial charge in [-0.2, -0.15) is 0 Å². The fourth-order valence-corrected chi connectivity index (χ4v) is 2.59. The minimum absolute atomic E-state index is 0.174. The zero-order valence-corrected chi connectivity index (χ0v) is 13.0. The summed E-state index contributed by atoms with van der Waals surface area (Å²) in [6.45, 7) is 2.43. The van der Waals surface area contributed by atoms with E-state index in [1.165, 1.54) is 4.90 Å². The second-order valence-electron chi connectivity index (χ2n) is 5.25. The lowest BCUT2D eigenvalue weighted by Crippen LogP contribution is -2.46. The van der Waals surface area contributed by atoms with Gasteiger partial charge in [-0.3, -0.25) is 4.79 Å². The molecule has 1 N–H and O–H groups in total. The summed E-state index contributed by atoms with van der Waals surface area (Å²) in [5, 5.41) is 8.96. The minimum Gasteiger partial charge on any atom is -0.465 e. The summed E-state index contributed by atoms with van der Waals surface area (Å²) in [4.78, 5) is 38.2. The predicted molar refractivity (Wildman–Crippen MR) is 83.3 cm³/mol. The van der Waals surface area contributed by atoms with Crippen molar-refractivity contribution < 1.29 is 24.2 Å². The first-order chi connectivity index (χ1) is 11.0. The monoisotopic (exact) mass is 320 g/mol. The van der Waals surface area contributed by atoms with E-state index in [-0.39, 0.29) is 25.6 Å². The molecule has 124 valence electrons. The molecule has 2 rings (SSSR count). The van der Waals surface area contributed by atoms with Crippen LogP contribution < -0.4 is 4.90 Å². The van der Waals surface area contributed by atoms with E-state index in [2.05, 4.69) is 0 Å². The number of ether oxygens (including phenoxy) is 1.